The van der Waals surface area contributed by atoms with Crippen LogP contribution in [0.3, 0.4) is 0 Å². The topological polar surface area (TPSA) is 193 Å². The maximum atomic E-state index is 9.97. The van der Waals surface area contributed by atoms with E-state index in [1.54, 1.807) is 6.92 Å². The molecule has 0 aliphatic rings. The summed E-state index contributed by atoms with van der Waals surface area (Å²) in [6.07, 6.45) is -1.33. The Morgan fingerprint density at radius 2 is 1.56 bits per heavy atom. The summed E-state index contributed by atoms with van der Waals surface area (Å²) < 4.78 is 8.46. The Bertz CT molecular complexity index is 173. The van der Waals surface area contributed by atoms with E-state index in [1.807, 2.05) is 0 Å². The molecular weight excluding hydrogens is 256 g/mol. The summed E-state index contributed by atoms with van der Waals surface area (Å²) >= 11 is 0. The third-order valence-electron chi connectivity index (χ3n) is 0.850. The SMILES string of the molecule is CCOC(=O)OC.O.O.O=C=O.OCC(O)CO. The fraction of sp³-hybridized carbons (Fsp3) is 0.750. The second kappa shape index (κ2) is 29.5. The lowest BCUT2D eigenvalue weighted by Gasteiger charge is -1.96. The van der Waals surface area contributed by atoms with Crippen molar-refractivity contribution in [2.24, 2.45) is 0 Å². The molecule has 10 nitrogen and oxygen atoms in total. The summed E-state index contributed by atoms with van der Waals surface area (Å²) in [7, 11) is 1.28. The van der Waals surface area contributed by atoms with Crippen molar-refractivity contribution in [3.05, 3.63) is 0 Å². The summed E-state index contributed by atoms with van der Waals surface area (Å²) in [5, 5.41) is 24.0. The maximum Gasteiger partial charge on any atom is 0.507 e. The number of hydrogen-bond donors (Lipinski definition) is 3. The van der Waals surface area contributed by atoms with Crippen LogP contribution in [0.1, 0.15) is 6.92 Å². The summed E-state index contributed by atoms with van der Waals surface area (Å²) in [4.78, 5) is 26.2. The van der Waals surface area contributed by atoms with Crippen LogP contribution >= 0.6 is 0 Å². The first kappa shape index (κ1) is 30.0. The molecule has 0 atom stereocenters. The van der Waals surface area contributed by atoms with E-state index in [9.17, 15) is 4.79 Å². The van der Waals surface area contributed by atoms with Crippen molar-refractivity contribution >= 4 is 12.3 Å². The lowest BCUT2D eigenvalue weighted by molar-refractivity contribution is -0.191. The van der Waals surface area contributed by atoms with Gasteiger partial charge in [0.1, 0.15) is 6.10 Å². The molecule has 0 aliphatic heterocycles. The number of methoxy groups -OCH3 is 1. The van der Waals surface area contributed by atoms with Crippen molar-refractivity contribution < 1.29 is 50.1 Å². The summed E-state index contributed by atoms with van der Waals surface area (Å²) in [5.41, 5.74) is 0. The second-order valence-corrected chi connectivity index (χ2v) is 1.99. The monoisotopic (exact) mass is 276 g/mol. The number of aliphatic hydroxyl groups excluding tert-OH is 3. The fourth-order valence-electron chi connectivity index (χ4n) is 0.235. The van der Waals surface area contributed by atoms with Gasteiger partial charge in [-0.2, -0.15) is 9.59 Å². The lowest BCUT2D eigenvalue weighted by Crippen LogP contribution is -2.15. The predicted molar refractivity (Wildman–Crippen MR) is 56.4 cm³/mol. The zero-order valence-electron chi connectivity index (χ0n) is 10.1. The Morgan fingerprint density at radius 1 is 1.22 bits per heavy atom. The van der Waals surface area contributed by atoms with Gasteiger partial charge in [-0.15, -0.1) is 0 Å². The van der Waals surface area contributed by atoms with E-state index >= 15 is 0 Å². The first-order valence-electron chi connectivity index (χ1n) is 4.13. The summed E-state index contributed by atoms with van der Waals surface area (Å²) in [5.74, 6) is 0. The van der Waals surface area contributed by atoms with Gasteiger partial charge in [0.15, 0.2) is 0 Å². The molecule has 0 fully saturated rings. The van der Waals surface area contributed by atoms with Gasteiger partial charge in [0.25, 0.3) is 0 Å². The smallest absolute Gasteiger partial charge is 0.438 e. The molecule has 0 aromatic heterocycles. The normalized spacial score (nSPS) is 6.78. The predicted octanol–water partition coefficient (Wildman–Crippen LogP) is -3.11. The molecule has 0 unspecified atom stereocenters. The zero-order chi connectivity index (χ0) is 13.4. The van der Waals surface area contributed by atoms with E-state index in [4.69, 9.17) is 24.9 Å². The van der Waals surface area contributed by atoms with Crippen LogP contribution < -0.4 is 0 Å². The molecule has 10 heteroatoms. The number of hydrogen-bond acceptors (Lipinski definition) is 8. The van der Waals surface area contributed by atoms with Gasteiger partial charge in [0.05, 0.1) is 26.9 Å². The number of carbonyl (C=O) groups is 1. The van der Waals surface area contributed by atoms with E-state index in [1.165, 1.54) is 7.11 Å². The first-order chi connectivity index (χ1) is 7.53. The van der Waals surface area contributed by atoms with Crippen LogP contribution in [-0.4, -0.2) is 71.6 Å². The molecule has 0 saturated carbocycles. The van der Waals surface area contributed by atoms with Crippen LogP contribution in [0.4, 0.5) is 4.79 Å². The van der Waals surface area contributed by atoms with Crippen LogP contribution in [0.5, 0.6) is 0 Å². The second-order valence-electron chi connectivity index (χ2n) is 1.99. The van der Waals surface area contributed by atoms with Gasteiger partial charge >= 0.3 is 12.3 Å². The molecule has 7 N–H and O–H groups in total. The highest BCUT2D eigenvalue weighted by atomic mass is 16.7. The van der Waals surface area contributed by atoms with Crippen LogP contribution in [0.2, 0.25) is 0 Å². The fourth-order valence-corrected chi connectivity index (χ4v) is 0.235. The summed E-state index contributed by atoms with van der Waals surface area (Å²) in [6, 6.07) is 0. The van der Waals surface area contributed by atoms with Gasteiger partial charge < -0.3 is 35.7 Å². The Morgan fingerprint density at radius 3 is 1.61 bits per heavy atom. The highest BCUT2D eigenvalue weighted by Crippen LogP contribution is 1.77. The molecule has 0 radical (unpaired) electrons. The summed E-state index contributed by atoms with van der Waals surface area (Å²) in [6.45, 7) is 1.36. The molecule has 0 amide bonds. The van der Waals surface area contributed by atoms with Crippen molar-refractivity contribution in [3.8, 4) is 0 Å². The van der Waals surface area contributed by atoms with Crippen LogP contribution in [-0.2, 0) is 19.1 Å². The molecule has 0 aliphatic carbocycles. The number of carbonyl (C=O) groups excluding carboxylic acids is 3. The van der Waals surface area contributed by atoms with E-state index in [-0.39, 0.29) is 30.3 Å². The quantitative estimate of drug-likeness (QED) is 0.450. The van der Waals surface area contributed by atoms with Crippen molar-refractivity contribution in [1.29, 1.82) is 0 Å². The lowest BCUT2D eigenvalue weighted by atomic mass is 10.4. The largest absolute Gasteiger partial charge is 0.507 e. The molecule has 0 rings (SSSR count). The van der Waals surface area contributed by atoms with Crippen LogP contribution in [0.25, 0.3) is 0 Å². The van der Waals surface area contributed by atoms with Gasteiger partial charge in [-0.05, 0) is 6.92 Å². The standard InChI is InChI=1S/C4H8O3.C3H8O3.CO2.2H2O/c1-3-7-4(5)6-2;4-1-3(6)2-5;2-1-3;;/h3H2,1-2H3;3-6H,1-2H2;;2*1H2. The third kappa shape index (κ3) is 47.1. The molecule has 18 heavy (non-hydrogen) atoms. The molecular formula is C8H20O10. The third-order valence-corrected chi connectivity index (χ3v) is 0.850. The highest BCUT2D eigenvalue weighted by Gasteiger charge is 1.94. The van der Waals surface area contributed by atoms with Crippen molar-refractivity contribution in [3.63, 3.8) is 0 Å². The number of rotatable bonds is 3. The van der Waals surface area contributed by atoms with E-state index in [2.05, 4.69) is 9.47 Å². The molecule has 0 aromatic rings. The van der Waals surface area contributed by atoms with Gasteiger partial charge in [-0.3, -0.25) is 0 Å². The Balaban J connectivity index is -0.0000000475. The van der Waals surface area contributed by atoms with Gasteiger partial charge in [-0.1, -0.05) is 0 Å². The molecule has 112 valence electrons. The molecule has 0 saturated heterocycles. The van der Waals surface area contributed by atoms with Gasteiger partial charge in [-0.25, -0.2) is 4.79 Å². The Hall–Kier alpha value is -1.55. The van der Waals surface area contributed by atoms with Crippen molar-refractivity contribution in [1.82, 2.24) is 0 Å². The van der Waals surface area contributed by atoms with Gasteiger partial charge in [0.2, 0.25) is 0 Å². The maximum absolute atomic E-state index is 9.97. The minimum Gasteiger partial charge on any atom is -0.438 e. The molecule has 0 aromatic carbocycles. The highest BCUT2D eigenvalue weighted by molar-refractivity contribution is 5.59. The van der Waals surface area contributed by atoms with Crippen LogP contribution in [0, 0.1) is 0 Å². The van der Waals surface area contributed by atoms with E-state index in [0.29, 0.717) is 6.61 Å². The average molecular weight is 276 g/mol. The first-order valence-corrected chi connectivity index (χ1v) is 4.13. The van der Waals surface area contributed by atoms with Gasteiger partial charge in [0, 0.05) is 0 Å². The van der Waals surface area contributed by atoms with Crippen molar-refractivity contribution in [2.75, 3.05) is 26.9 Å². The zero-order valence-corrected chi connectivity index (χ0v) is 10.1. The van der Waals surface area contributed by atoms with Crippen LogP contribution in [0.15, 0.2) is 0 Å². The van der Waals surface area contributed by atoms with E-state index in [0.717, 1.165) is 0 Å². The molecule has 0 heterocycles. The Labute approximate surface area is 103 Å². The molecule has 0 spiro atoms. The minimum absolute atomic E-state index is 0. The number of aliphatic hydroxyl groups is 3. The number of ether oxygens (including phenoxy) is 2. The van der Waals surface area contributed by atoms with E-state index < -0.39 is 12.3 Å². The minimum atomic E-state index is -0.954. The average Bonchev–Trinajstić information content (AvgIpc) is 2.30. The van der Waals surface area contributed by atoms with Crippen molar-refractivity contribution in [2.45, 2.75) is 13.0 Å². The Kier molecular flexibility index (Phi) is 49.2. The molecule has 0 bridgehead atoms.